The number of carbonyl (C=O) groups is 1. The van der Waals surface area contributed by atoms with E-state index in [4.69, 9.17) is 23.2 Å². The molecule has 0 saturated heterocycles. The van der Waals surface area contributed by atoms with Crippen molar-refractivity contribution in [3.63, 3.8) is 0 Å². The predicted molar refractivity (Wildman–Crippen MR) is 94.6 cm³/mol. The third-order valence-corrected chi connectivity index (χ3v) is 5.32. The van der Waals surface area contributed by atoms with E-state index in [-0.39, 0.29) is 11.2 Å². The van der Waals surface area contributed by atoms with Gasteiger partial charge in [0.05, 0.1) is 15.3 Å². The van der Waals surface area contributed by atoms with Crippen molar-refractivity contribution in [2.75, 3.05) is 5.32 Å². The lowest BCUT2D eigenvalue weighted by Gasteiger charge is -2.14. The summed E-state index contributed by atoms with van der Waals surface area (Å²) >= 11 is 16.9. The van der Waals surface area contributed by atoms with Gasteiger partial charge in [-0.3, -0.25) is 4.79 Å². The molecule has 2 aromatic rings. The first-order valence-electron chi connectivity index (χ1n) is 6.14. The topological polar surface area (TPSA) is 29.1 Å². The summed E-state index contributed by atoms with van der Waals surface area (Å²) in [5, 5.41) is 3.65. The molecule has 110 valence electrons. The smallest absolute Gasteiger partial charge is 0.237 e. The van der Waals surface area contributed by atoms with Gasteiger partial charge >= 0.3 is 0 Å². The fraction of sp³-hybridized carbons (Fsp3) is 0.133. The first-order valence-corrected chi connectivity index (χ1v) is 8.57. The van der Waals surface area contributed by atoms with Gasteiger partial charge in [0.25, 0.3) is 0 Å². The fourth-order valence-electron chi connectivity index (χ4n) is 1.60. The summed E-state index contributed by atoms with van der Waals surface area (Å²) in [6.45, 7) is 1.82. The Hall–Kier alpha value is -0.680. The van der Waals surface area contributed by atoms with Crippen molar-refractivity contribution in [3.05, 3.63) is 57.0 Å². The normalized spacial score (nSPS) is 12.0. The second-order valence-corrected chi connectivity index (χ2v) is 7.39. The lowest BCUT2D eigenvalue weighted by Crippen LogP contribution is -2.22. The quantitative estimate of drug-likeness (QED) is 0.645. The Morgan fingerprint density at radius 2 is 1.71 bits per heavy atom. The van der Waals surface area contributed by atoms with E-state index in [1.165, 1.54) is 11.8 Å². The number of thioether (sulfide) groups is 1. The number of hydrogen-bond donors (Lipinski definition) is 1. The Bertz CT molecular complexity index is 628. The van der Waals surface area contributed by atoms with Crippen LogP contribution in [0.2, 0.25) is 10.0 Å². The molecular weight excluding hydrogens is 393 g/mol. The molecule has 0 radical (unpaired) electrons. The molecule has 0 fully saturated rings. The summed E-state index contributed by atoms with van der Waals surface area (Å²) in [5.41, 5.74) is 0.751. The van der Waals surface area contributed by atoms with E-state index in [2.05, 4.69) is 21.2 Å². The summed E-state index contributed by atoms with van der Waals surface area (Å²) in [5.74, 6) is -0.0988. The fourth-order valence-corrected chi connectivity index (χ4v) is 3.41. The molecule has 2 aromatic carbocycles. The SMILES string of the molecule is C[C@H](Sc1c(Cl)cccc1Cl)C(=O)Nc1ccc(Br)cc1. The zero-order chi connectivity index (χ0) is 15.4. The molecule has 0 saturated carbocycles. The molecular formula is C15H12BrCl2NOS. The van der Waals surface area contributed by atoms with Crippen molar-refractivity contribution < 1.29 is 4.79 Å². The minimum atomic E-state index is -0.314. The van der Waals surface area contributed by atoms with Crippen molar-refractivity contribution in [2.24, 2.45) is 0 Å². The number of carbonyl (C=O) groups excluding carboxylic acids is 1. The lowest BCUT2D eigenvalue weighted by atomic mass is 10.3. The van der Waals surface area contributed by atoms with E-state index in [1.807, 2.05) is 31.2 Å². The highest BCUT2D eigenvalue weighted by Crippen LogP contribution is 2.36. The largest absolute Gasteiger partial charge is 0.325 e. The molecule has 0 aliphatic heterocycles. The van der Waals surface area contributed by atoms with Crippen molar-refractivity contribution >= 4 is 62.5 Å². The number of hydrogen-bond acceptors (Lipinski definition) is 2. The van der Waals surface area contributed by atoms with Crippen LogP contribution >= 0.6 is 50.9 Å². The molecule has 2 rings (SSSR count). The maximum atomic E-state index is 12.2. The lowest BCUT2D eigenvalue weighted by molar-refractivity contribution is -0.115. The van der Waals surface area contributed by atoms with Crippen molar-refractivity contribution in [2.45, 2.75) is 17.1 Å². The monoisotopic (exact) mass is 403 g/mol. The van der Waals surface area contributed by atoms with Gasteiger partial charge in [-0.1, -0.05) is 45.2 Å². The Balaban J connectivity index is 2.04. The number of benzene rings is 2. The highest BCUT2D eigenvalue weighted by atomic mass is 79.9. The van der Waals surface area contributed by atoms with Crippen LogP contribution in [-0.2, 0) is 4.79 Å². The van der Waals surface area contributed by atoms with Gasteiger partial charge in [-0.05, 0) is 43.3 Å². The highest BCUT2D eigenvalue weighted by molar-refractivity contribution is 9.10. The molecule has 1 amide bonds. The second-order valence-electron chi connectivity index (χ2n) is 4.31. The standard InChI is InChI=1S/C15H12BrCl2NOS/c1-9(21-14-12(17)3-2-4-13(14)18)15(20)19-11-7-5-10(16)6-8-11/h2-9H,1H3,(H,19,20)/t9-/m0/s1. The van der Waals surface area contributed by atoms with Crippen LogP contribution in [0.3, 0.4) is 0 Å². The van der Waals surface area contributed by atoms with Gasteiger partial charge in [0, 0.05) is 15.1 Å². The minimum absolute atomic E-state index is 0.0988. The summed E-state index contributed by atoms with van der Waals surface area (Å²) in [6.07, 6.45) is 0. The van der Waals surface area contributed by atoms with Crippen molar-refractivity contribution in [3.8, 4) is 0 Å². The van der Waals surface area contributed by atoms with Gasteiger partial charge in [-0.15, -0.1) is 11.8 Å². The van der Waals surface area contributed by atoms with Gasteiger partial charge in [-0.2, -0.15) is 0 Å². The summed E-state index contributed by atoms with van der Waals surface area (Å²) in [6, 6.07) is 12.7. The number of anilines is 1. The predicted octanol–water partition coefficient (Wildman–Crippen LogP) is 5.88. The summed E-state index contributed by atoms with van der Waals surface area (Å²) in [7, 11) is 0. The van der Waals surface area contributed by atoms with E-state index < -0.39 is 0 Å². The van der Waals surface area contributed by atoms with Crippen LogP contribution in [-0.4, -0.2) is 11.2 Å². The molecule has 0 heterocycles. The van der Waals surface area contributed by atoms with Crippen molar-refractivity contribution in [1.82, 2.24) is 0 Å². The van der Waals surface area contributed by atoms with E-state index in [0.29, 0.717) is 10.0 Å². The molecule has 2 nitrogen and oxygen atoms in total. The third-order valence-electron chi connectivity index (χ3n) is 2.69. The van der Waals surface area contributed by atoms with Crippen LogP contribution in [0.4, 0.5) is 5.69 Å². The number of halogens is 3. The van der Waals surface area contributed by atoms with Crippen molar-refractivity contribution in [1.29, 1.82) is 0 Å². The molecule has 0 aromatic heterocycles. The van der Waals surface area contributed by atoms with Crippen LogP contribution in [0.5, 0.6) is 0 Å². The third kappa shape index (κ3) is 4.65. The van der Waals surface area contributed by atoms with Gasteiger partial charge < -0.3 is 5.32 Å². The zero-order valence-electron chi connectivity index (χ0n) is 11.1. The first kappa shape index (κ1) is 16.7. The van der Waals surface area contributed by atoms with E-state index in [0.717, 1.165) is 15.1 Å². The van der Waals surface area contributed by atoms with Gasteiger partial charge in [0.15, 0.2) is 0 Å². The number of amides is 1. The Kier molecular flexibility index (Phi) is 5.99. The molecule has 0 aliphatic carbocycles. The van der Waals surface area contributed by atoms with Crippen LogP contribution < -0.4 is 5.32 Å². The Morgan fingerprint density at radius 1 is 1.14 bits per heavy atom. The average Bonchev–Trinajstić information content (AvgIpc) is 2.45. The molecule has 1 atom stereocenters. The average molecular weight is 405 g/mol. The molecule has 0 unspecified atom stereocenters. The second kappa shape index (κ2) is 7.54. The molecule has 0 spiro atoms. The van der Waals surface area contributed by atoms with E-state index in [9.17, 15) is 4.79 Å². The molecule has 0 bridgehead atoms. The van der Waals surface area contributed by atoms with Crippen LogP contribution in [0, 0.1) is 0 Å². The van der Waals surface area contributed by atoms with Gasteiger partial charge in [-0.25, -0.2) is 0 Å². The zero-order valence-corrected chi connectivity index (χ0v) is 15.0. The Labute approximate surface area is 146 Å². The molecule has 1 N–H and O–H groups in total. The maximum absolute atomic E-state index is 12.2. The molecule has 21 heavy (non-hydrogen) atoms. The summed E-state index contributed by atoms with van der Waals surface area (Å²) < 4.78 is 0.964. The first-order chi connectivity index (χ1) is 9.97. The maximum Gasteiger partial charge on any atom is 0.237 e. The number of rotatable bonds is 4. The van der Waals surface area contributed by atoms with Crippen LogP contribution in [0.15, 0.2) is 51.8 Å². The van der Waals surface area contributed by atoms with Gasteiger partial charge in [0.2, 0.25) is 5.91 Å². The van der Waals surface area contributed by atoms with Crippen LogP contribution in [0.1, 0.15) is 6.92 Å². The highest BCUT2D eigenvalue weighted by Gasteiger charge is 2.17. The minimum Gasteiger partial charge on any atom is -0.325 e. The molecule has 0 aliphatic rings. The summed E-state index contributed by atoms with van der Waals surface area (Å²) in [4.78, 5) is 12.9. The van der Waals surface area contributed by atoms with Gasteiger partial charge in [0.1, 0.15) is 0 Å². The number of nitrogens with one attached hydrogen (secondary N) is 1. The van der Waals surface area contributed by atoms with E-state index >= 15 is 0 Å². The molecule has 6 heteroatoms. The Morgan fingerprint density at radius 3 is 2.29 bits per heavy atom. The van der Waals surface area contributed by atoms with E-state index in [1.54, 1.807) is 18.2 Å². The van der Waals surface area contributed by atoms with Crippen LogP contribution in [0.25, 0.3) is 0 Å².